The molecule has 1 rings (SSSR count). The van der Waals surface area contributed by atoms with Gasteiger partial charge < -0.3 is 16.0 Å². The van der Waals surface area contributed by atoms with Crippen LogP contribution in [0.4, 0.5) is 0 Å². The van der Waals surface area contributed by atoms with E-state index in [4.69, 9.17) is 5.73 Å². The summed E-state index contributed by atoms with van der Waals surface area (Å²) in [5.41, 5.74) is 5.88. The SMILES string of the molecule is CC(=O)NCC1CCCN1C(=O)C(N)C(C)C. The lowest BCUT2D eigenvalue weighted by atomic mass is 10.0. The molecule has 0 aromatic carbocycles. The van der Waals surface area contributed by atoms with E-state index in [0.717, 1.165) is 19.4 Å². The molecule has 3 N–H and O–H groups in total. The molecule has 1 aliphatic heterocycles. The molecule has 0 aromatic heterocycles. The standard InChI is InChI=1S/C12H23N3O2/c1-8(2)11(13)12(17)15-6-4-5-10(15)7-14-9(3)16/h8,10-11H,4-7,13H2,1-3H3,(H,14,16). The van der Waals surface area contributed by atoms with Crippen LogP contribution in [0.1, 0.15) is 33.6 Å². The lowest BCUT2D eigenvalue weighted by Gasteiger charge is -2.28. The number of hydrogen-bond donors (Lipinski definition) is 2. The summed E-state index contributed by atoms with van der Waals surface area (Å²) in [7, 11) is 0. The molecule has 1 fully saturated rings. The number of amides is 2. The molecule has 5 heteroatoms. The number of rotatable bonds is 4. The van der Waals surface area contributed by atoms with E-state index in [1.807, 2.05) is 18.7 Å². The smallest absolute Gasteiger partial charge is 0.240 e. The number of hydrogen-bond acceptors (Lipinski definition) is 3. The third kappa shape index (κ3) is 3.70. The van der Waals surface area contributed by atoms with Gasteiger partial charge in [0, 0.05) is 26.1 Å². The number of carbonyl (C=O) groups excluding carboxylic acids is 2. The van der Waals surface area contributed by atoms with Crippen LogP contribution in [0.3, 0.4) is 0 Å². The van der Waals surface area contributed by atoms with Crippen LogP contribution in [0.2, 0.25) is 0 Å². The third-order valence-corrected chi connectivity index (χ3v) is 3.25. The fraction of sp³-hybridized carbons (Fsp3) is 0.833. The molecular formula is C12H23N3O2. The van der Waals surface area contributed by atoms with E-state index in [0.29, 0.717) is 6.54 Å². The summed E-state index contributed by atoms with van der Waals surface area (Å²) in [6.07, 6.45) is 1.93. The molecule has 17 heavy (non-hydrogen) atoms. The summed E-state index contributed by atoms with van der Waals surface area (Å²) in [5.74, 6) is 0.0924. The summed E-state index contributed by atoms with van der Waals surface area (Å²) in [6.45, 7) is 6.67. The second-order valence-corrected chi connectivity index (χ2v) is 5.03. The van der Waals surface area contributed by atoms with Gasteiger partial charge in [-0.25, -0.2) is 0 Å². The van der Waals surface area contributed by atoms with Crippen LogP contribution in [0.5, 0.6) is 0 Å². The molecular weight excluding hydrogens is 218 g/mol. The molecule has 0 aliphatic carbocycles. The Hall–Kier alpha value is -1.10. The van der Waals surface area contributed by atoms with E-state index in [1.165, 1.54) is 6.92 Å². The monoisotopic (exact) mass is 241 g/mol. The lowest BCUT2D eigenvalue weighted by Crippen LogP contribution is -2.50. The Morgan fingerprint density at radius 2 is 2.12 bits per heavy atom. The maximum atomic E-state index is 12.1. The number of nitrogens with two attached hydrogens (primary N) is 1. The molecule has 2 atom stereocenters. The first-order valence-corrected chi connectivity index (χ1v) is 6.24. The maximum Gasteiger partial charge on any atom is 0.240 e. The van der Waals surface area contributed by atoms with Gasteiger partial charge in [0.05, 0.1) is 6.04 Å². The zero-order valence-corrected chi connectivity index (χ0v) is 10.9. The molecule has 0 saturated carbocycles. The van der Waals surface area contributed by atoms with Crippen molar-refractivity contribution in [1.29, 1.82) is 0 Å². The van der Waals surface area contributed by atoms with Gasteiger partial charge in [0.2, 0.25) is 11.8 Å². The second kappa shape index (κ2) is 6.00. The van der Waals surface area contributed by atoms with E-state index in [9.17, 15) is 9.59 Å². The van der Waals surface area contributed by atoms with Gasteiger partial charge in [-0.3, -0.25) is 9.59 Å². The molecule has 1 heterocycles. The van der Waals surface area contributed by atoms with Crippen molar-refractivity contribution < 1.29 is 9.59 Å². The van der Waals surface area contributed by atoms with Crippen LogP contribution >= 0.6 is 0 Å². The highest BCUT2D eigenvalue weighted by atomic mass is 16.2. The lowest BCUT2D eigenvalue weighted by molar-refractivity contribution is -0.134. The fourth-order valence-corrected chi connectivity index (χ4v) is 2.08. The van der Waals surface area contributed by atoms with Crippen molar-refractivity contribution in [2.24, 2.45) is 11.7 Å². The van der Waals surface area contributed by atoms with Gasteiger partial charge in [-0.1, -0.05) is 13.8 Å². The number of carbonyl (C=O) groups is 2. The first kappa shape index (κ1) is 14.0. The molecule has 0 spiro atoms. The molecule has 0 bridgehead atoms. The highest BCUT2D eigenvalue weighted by molar-refractivity contribution is 5.82. The number of likely N-dealkylation sites (tertiary alicyclic amines) is 1. The van der Waals surface area contributed by atoms with Crippen molar-refractivity contribution >= 4 is 11.8 Å². The van der Waals surface area contributed by atoms with Crippen LogP contribution < -0.4 is 11.1 Å². The summed E-state index contributed by atoms with van der Waals surface area (Å²) in [6, 6.07) is -0.330. The van der Waals surface area contributed by atoms with Crippen LogP contribution in [0.25, 0.3) is 0 Å². The van der Waals surface area contributed by atoms with Gasteiger partial charge in [0.15, 0.2) is 0 Å². The first-order chi connectivity index (χ1) is 7.93. The molecule has 0 radical (unpaired) electrons. The van der Waals surface area contributed by atoms with E-state index >= 15 is 0 Å². The summed E-state index contributed by atoms with van der Waals surface area (Å²) < 4.78 is 0. The zero-order valence-electron chi connectivity index (χ0n) is 10.9. The highest BCUT2D eigenvalue weighted by Gasteiger charge is 2.32. The Bertz CT molecular complexity index is 291. The van der Waals surface area contributed by atoms with Crippen LogP contribution in [0, 0.1) is 5.92 Å². The summed E-state index contributed by atoms with van der Waals surface area (Å²) in [4.78, 5) is 24.8. The summed E-state index contributed by atoms with van der Waals surface area (Å²) in [5, 5.41) is 2.77. The second-order valence-electron chi connectivity index (χ2n) is 5.03. The quantitative estimate of drug-likeness (QED) is 0.733. The van der Waals surface area contributed by atoms with Gasteiger partial charge in [-0.05, 0) is 18.8 Å². The summed E-state index contributed by atoms with van der Waals surface area (Å²) >= 11 is 0. The highest BCUT2D eigenvalue weighted by Crippen LogP contribution is 2.18. The Morgan fingerprint density at radius 1 is 1.47 bits per heavy atom. The van der Waals surface area contributed by atoms with Crippen LogP contribution in [-0.2, 0) is 9.59 Å². The van der Waals surface area contributed by atoms with E-state index in [-0.39, 0.29) is 23.8 Å². The van der Waals surface area contributed by atoms with E-state index in [2.05, 4.69) is 5.32 Å². The minimum atomic E-state index is -0.437. The van der Waals surface area contributed by atoms with Crippen LogP contribution in [0.15, 0.2) is 0 Å². The molecule has 0 aromatic rings. The minimum Gasteiger partial charge on any atom is -0.354 e. The van der Waals surface area contributed by atoms with E-state index in [1.54, 1.807) is 0 Å². The molecule has 1 saturated heterocycles. The Labute approximate surface area is 103 Å². The predicted molar refractivity (Wildman–Crippen MR) is 66.2 cm³/mol. The first-order valence-electron chi connectivity index (χ1n) is 6.24. The normalized spacial score (nSPS) is 21.7. The number of nitrogens with zero attached hydrogens (tertiary/aromatic N) is 1. The Kier molecular flexibility index (Phi) is 4.93. The molecule has 2 unspecified atom stereocenters. The van der Waals surface area contributed by atoms with Crippen molar-refractivity contribution in [2.75, 3.05) is 13.1 Å². The maximum absolute atomic E-state index is 12.1. The van der Waals surface area contributed by atoms with Crippen molar-refractivity contribution in [3.63, 3.8) is 0 Å². The van der Waals surface area contributed by atoms with Gasteiger partial charge in [0.25, 0.3) is 0 Å². The Morgan fingerprint density at radius 3 is 2.65 bits per heavy atom. The van der Waals surface area contributed by atoms with Crippen molar-refractivity contribution in [1.82, 2.24) is 10.2 Å². The van der Waals surface area contributed by atoms with E-state index < -0.39 is 6.04 Å². The largest absolute Gasteiger partial charge is 0.354 e. The van der Waals surface area contributed by atoms with Crippen LogP contribution in [-0.4, -0.2) is 41.9 Å². The van der Waals surface area contributed by atoms with Gasteiger partial charge in [0.1, 0.15) is 0 Å². The van der Waals surface area contributed by atoms with Gasteiger partial charge >= 0.3 is 0 Å². The van der Waals surface area contributed by atoms with Gasteiger partial charge in [-0.2, -0.15) is 0 Å². The number of nitrogens with one attached hydrogen (secondary N) is 1. The molecule has 1 aliphatic rings. The van der Waals surface area contributed by atoms with Crippen molar-refractivity contribution in [2.45, 2.75) is 45.7 Å². The average Bonchev–Trinajstić information content (AvgIpc) is 2.72. The third-order valence-electron chi connectivity index (χ3n) is 3.25. The molecule has 2 amide bonds. The predicted octanol–water partition coefficient (Wildman–Crippen LogP) is 0.0968. The van der Waals surface area contributed by atoms with Crippen molar-refractivity contribution in [3.05, 3.63) is 0 Å². The molecule has 98 valence electrons. The zero-order chi connectivity index (χ0) is 13.0. The topological polar surface area (TPSA) is 75.4 Å². The van der Waals surface area contributed by atoms with Crippen molar-refractivity contribution in [3.8, 4) is 0 Å². The minimum absolute atomic E-state index is 0.00727. The molecule has 5 nitrogen and oxygen atoms in total. The average molecular weight is 241 g/mol. The fourth-order valence-electron chi connectivity index (χ4n) is 2.08. The van der Waals surface area contributed by atoms with Gasteiger partial charge in [-0.15, -0.1) is 0 Å². The Balaban J connectivity index is 2.56.